The third-order valence-corrected chi connectivity index (χ3v) is 6.05. The summed E-state index contributed by atoms with van der Waals surface area (Å²) in [6, 6.07) is 21.7. The minimum absolute atomic E-state index is 0.156. The van der Waals surface area contributed by atoms with Gasteiger partial charge in [-0.15, -0.1) is 0 Å². The van der Waals surface area contributed by atoms with Crippen molar-refractivity contribution in [3.8, 4) is 5.75 Å². The van der Waals surface area contributed by atoms with E-state index in [-0.39, 0.29) is 4.90 Å². The number of aryl methyl sites for hydroxylation is 2. The van der Waals surface area contributed by atoms with Gasteiger partial charge in [0.25, 0.3) is 10.0 Å². The van der Waals surface area contributed by atoms with E-state index in [0.29, 0.717) is 24.3 Å². The molecular formula is C22H21N3O3S. The quantitative estimate of drug-likeness (QED) is 0.482. The highest BCUT2D eigenvalue weighted by atomic mass is 32.2. The second-order valence-corrected chi connectivity index (χ2v) is 8.32. The Hall–Kier alpha value is -3.32. The molecule has 0 saturated heterocycles. The van der Waals surface area contributed by atoms with Crippen LogP contribution in [0.1, 0.15) is 11.4 Å². The fourth-order valence-electron chi connectivity index (χ4n) is 3.19. The molecule has 3 aromatic carbocycles. The van der Waals surface area contributed by atoms with Crippen LogP contribution < -0.4 is 9.46 Å². The lowest BCUT2D eigenvalue weighted by molar-refractivity contribution is 0.413. The number of nitrogens with one attached hydrogen (secondary N) is 2. The van der Waals surface area contributed by atoms with Crippen LogP contribution in [0.5, 0.6) is 5.75 Å². The molecule has 0 unspecified atom stereocenters. The van der Waals surface area contributed by atoms with Crippen LogP contribution in [0.3, 0.4) is 0 Å². The van der Waals surface area contributed by atoms with Crippen molar-refractivity contribution in [1.29, 1.82) is 0 Å². The van der Waals surface area contributed by atoms with Crippen molar-refractivity contribution in [1.82, 2.24) is 9.97 Å². The van der Waals surface area contributed by atoms with E-state index in [9.17, 15) is 8.42 Å². The molecule has 0 aliphatic rings. The molecule has 4 rings (SSSR count). The molecule has 0 amide bonds. The Morgan fingerprint density at radius 2 is 1.76 bits per heavy atom. The topological polar surface area (TPSA) is 84.1 Å². The average Bonchev–Trinajstić information content (AvgIpc) is 3.16. The fourth-order valence-corrected chi connectivity index (χ4v) is 4.32. The highest BCUT2D eigenvalue weighted by Gasteiger charge is 2.17. The lowest BCUT2D eigenvalue weighted by Crippen LogP contribution is -2.14. The molecule has 148 valence electrons. The largest absolute Gasteiger partial charge is 0.497 e. The van der Waals surface area contributed by atoms with E-state index in [1.807, 2.05) is 42.5 Å². The molecular weight excluding hydrogens is 386 g/mol. The molecule has 4 aromatic rings. The van der Waals surface area contributed by atoms with E-state index in [2.05, 4.69) is 14.7 Å². The highest BCUT2D eigenvalue weighted by Crippen LogP contribution is 2.24. The van der Waals surface area contributed by atoms with Gasteiger partial charge in [0, 0.05) is 12.5 Å². The standard InChI is InChI=1S/C22H21N3O3S/c1-28-17-8-6-9-18(15-17)29(26,27)25-19-10-3-2-7-16(19)13-14-22-23-20-11-4-5-12-21(20)24-22/h2-12,15,25H,13-14H2,1H3,(H,23,24). The maximum atomic E-state index is 12.8. The summed E-state index contributed by atoms with van der Waals surface area (Å²) in [4.78, 5) is 8.06. The third-order valence-electron chi connectivity index (χ3n) is 4.68. The first-order valence-corrected chi connectivity index (χ1v) is 10.7. The molecule has 6 nitrogen and oxygen atoms in total. The van der Waals surface area contributed by atoms with E-state index >= 15 is 0 Å². The predicted molar refractivity (Wildman–Crippen MR) is 114 cm³/mol. The van der Waals surface area contributed by atoms with Gasteiger partial charge in [-0.1, -0.05) is 36.4 Å². The van der Waals surface area contributed by atoms with Crippen LogP contribution in [0.25, 0.3) is 11.0 Å². The first kappa shape index (κ1) is 19.0. The molecule has 0 bridgehead atoms. The van der Waals surface area contributed by atoms with Gasteiger partial charge in [-0.05, 0) is 42.3 Å². The minimum Gasteiger partial charge on any atom is -0.497 e. The number of hydrogen-bond donors (Lipinski definition) is 2. The van der Waals surface area contributed by atoms with Crippen molar-refractivity contribution in [2.75, 3.05) is 11.8 Å². The number of ether oxygens (including phenoxy) is 1. The van der Waals surface area contributed by atoms with E-state index in [1.54, 1.807) is 24.3 Å². The van der Waals surface area contributed by atoms with Crippen molar-refractivity contribution in [3.63, 3.8) is 0 Å². The van der Waals surface area contributed by atoms with Crippen LogP contribution in [0, 0.1) is 0 Å². The van der Waals surface area contributed by atoms with Gasteiger partial charge in [0.2, 0.25) is 0 Å². The number of sulfonamides is 1. The minimum atomic E-state index is -3.73. The van der Waals surface area contributed by atoms with Crippen molar-refractivity contribution in [3.05, 3.63) is 84.2 Å². The Morgan fingerprint density at radius 3 is 2.59 bits per heavy atom. The van der Waals surface area contributed by atoms with Crippen molar-refractivity contribution < 1.29 is 13.2 Å². The maximum absolute atomic E-state index is 12.8. The van der Waals surface area contributed by atoms with Gasteiger partial charge >= 0.3 is 0 Å². The molecule has 0 atom stereocenters. The molecule has 0 spiro atoms. The number of fused-ring (bicyclic) bond motifs is 1. The average molecular weight is 407 g/mol. The number of anilines is 1. The molecule has 0 saturated carbocycles. The van der Waals surface area contributed by atoms with E-state index < -0.39 is 10.0 Å². The monoisotopic (exact) mass is 407 g/mol. The van der Waals surface area contributed by atoms with Crippen LogP contribution in [0.2, 0.25) is 0 Å². The van der Waals surface area contributed by atoms with Crippen molar-refractivity contribution in [2.24, 2.45) is 0 Å². The van der Waals surface area contributed by atoms with Crippen molar-refractivity contribution in [2.45, 2.75) is 17.7 Å². The molecule has 29 heavy (non-hydrogen) atoms. The van der Waals surface area contributed by atoms with Gasteiger partial charge in [-0.2, -0.15) is 0 Å². The Balaban J connectivity index is 1.54. The number of para-hydroxylation sites is 3. The molecule has 2 N–H and O–H groups in total. The number of aromatic nitrogens is 2. The number of methoxy groups -OCH3 is 1. The lowest BCUT2D eigenvalue weighted by Gasteiger charge is -2.13. The predicted octanol–water partition coefficient (Wildman–Crippen LogP) is 4.16. The molecule has 0 aliphatic heterocycles. The van der Waals surface area contributed by atoms with E-state index in [4.69, 9.17) is 4.74 Å². The number of hydrogen-bond acceptors (Lipinski definition) is 4. The summed E-state index contributed by atoms with van der Waals surface area (Å²) in [5.41, 5.74) is 3.38. The smallest absolute Gasteiger partial charge is 0.262 e. The van der Waals surface area contributed by atoms with Crippen LogP contribution in [0.15, 0.2) is 77.7 Å². The van der Waals surface area contributed by atoms with Gasteiger partial charge in [0.05, 0.1) is 28.7 Å². The molecule has 0 fully saturated rings. The summed E-state index contributed by atoms with van der Waals surface area (Å²) in [6.45, 7) is 0. The second-order valence-electron chi connectivity index (χ2n) is 6.64. The van der Waals surface area contributed by atoms with Crippen molar-refractivity contribution >= 4 is 26.7 Å². The molecule has 1 aromatic heterocycles. The number of nitrogens with zero attached hydrogens (tertiary/aromatic N) is 1. The Bertz CT molecular complexity index is 1220. The summed E-state index contributed by atoms with van der Waals surface area (Å²) in [6.07, 6.45) is 1.32. The summed E-state index contributed by atoms with van der Waals surface area (Å²) < 4.78 is 33.5. The second kappa shape index (κ2) is 7.97. The number of H-pyrrole nitrogens is 1. The lowest BCUT2D eigenvalue weighted by atomic mass is 10.1. The van der Waals surface area contributed by atoms with Gasteiger partial charge in [0.15, 0.2) is 0 Å². The SMILES string of the molecule is COc1cccc(S(=O)(=O)Nc2ccccc2CCc2nc3ccccc3[nH]2)c1. The van der Waals surface area contributed by atoms with Crippen LogP contribution in [0.4, 0.5) is 5.69 Å². The highest BCUT2D eigenvalue weighted by molar-refractivity contribution is 7.92. The summed E-state index contributed by atoms with van der Waals surface area (Å²) in [5.74, 6) is 1.36. The van der Waals surface area contributed by atoms with E-state index in [1.165, 1.54) is 13.2 Å². The third kappa shape index (κ3) is 4.25. The van der Waals surface area contributed by atoms with Gasteiger partial charge in [-0.25, -0.2) is 13.4 Å². The first-order chi connectivity index (χ1) is 14.0. The summed E-state index contributed by atoms with van der Waals surface area (Å²) >= 11 is 0. The number of aromatic amines is 1. The van der Waals surface area contributed by atoms with E-state index in [0.717, 1.165) is 22.4 Å². The zero-order chi connectivity index (χ0) is 20.3. The van der Waals surface area contributed by atoms with Crippen LogP contribution in [-0.2, 0) is 22.9 Å². The Kier molecular flexibility index (Phi) is 5.22. The zero-order valence-electron chi connectivity index (χ0n) is 15.9. The summed E-state index contributed by atoms with van der Waals surface area (Å²) in [7, 11) is -2.22. The van der Waals surface area contributed by atoms with Gasteiger partial charge in [-0.3, -0.25) is 4.72 Å². The maximum Gasteiger partial charge on any atom is 0.262 e. The van der Waals surface area contributed by atoms with Gasteiger partial charge in [0.1, 0.15) is 11.6 Å². The molecule has 7 heteroatoms. The number of benzene rings is 3. The summed E-state index contributed by atoms with van der Waals surface area (Å²) in [5, 5.41) is 0. The normalized spacial score (nSPS) is 11.5. The Labute approximate surface area is 169 Å². The molecule has 0 radical (unpaired) electrons. The number of rotatable bonds is 7. The van der Waals surface area contributed by atoms with Crippen LogP contribution in [-0.4, -0.2) is 25.5 Å². The first-order valence-electron chi connectivity index (χ1n) is 9.23. The molecule has 1 heterocycles. The Morgan fingerprint density at radius 1 is 0.966 bits per heavy atom. The number of imidazole rings is 1. The van der Waals surface area contributed by atoms with Crippen LogP contribution >= 0.6 is 0 Å². The fraction of sp³-hybridized carbons (Fsp3) is 0.136. The van der Waals surface area contributed by atoms with Gasteiger partial charge < -0.3 is 9.72 Å². The molecule has 0 aliphatic carbocycles. The zero-order valence-corrected chi connectivity index (χ0v) is 16.7.